The number of carbonyl (C=O) groups excluding carboxylic acids is 1. The molecule has 0 unspecified atom stereocenters. The van der Waals surface area contributed by atoms with Crippen molar-refractivity contribution in [3.8, 4) is 17.2 Å². The molecule has 0 heterocycles. The number of methoxy groups -OCH3 is 3. The predicted molar refractivity (Wildman–Crippen MR) is 114 cm³/mol. The molecule has 0 atom stereocenters. The summed E-state index contributed by atoms with van der Waals surface area (Å²) in [6.45, 7) is -0.110. The molecule has 7 heteroatoms. The second-order valence-electron chi connectivity index (χ2n) is 7.40. The maximum atomic E-state index is 14.2. The zero-order chi connectivity index (χ0) is 22.4. The van der Waals surface area contributed by atoms with Gasteiger partial charge in [-0.1, -0.05) is 18.9 Å². The van der Waals surface area contributed by atoms with E-state index in [-0.39, 0.29) is 24.1 Å². The monoisotopic (exact) mass is 431 g/mol. The average Bonchev–Trinajstić information content (AvgIpc) is 3.31. The smallest absolute Gasteiger partial charge is 0.247 e. The summed E-state index contributed by atoms with van der Waals surface area (Å²) in [5.41, 5.74) is 0.579. The van der Waals surface area contributed by atoms with Crippen LogP contribution in [-0.4, -0.2) is 38.2 Å². The molecule has 1 fully saturated rings. The van der Waals surface area contributed by atoms with Gasteiger partial charge < -0.3 is 19.1 Å². The topological polar surface area (TPSA) is 48.0 Å². The van der Waals surface area contributed by atoms with E-state index in [1.54, 1.807) is 23.1 Å². The third kappa shape index (κ3) is 5.16. The summed E-state index contributed by atoms with van der Waals surface area (Å²) in [6, 6.07) is 7.14. The molecule has 31 heavy (non-hydrogen) atoms. The first-order valence-electron chi connectivity index (χ1n) is 10.2. The minimum absolute atomic E-state index is 0.0453. The van der Waals surface area contributed by atoms with Gasteiger partial charge in [0, 0.05) is 17.7 Å². The summed E-state index contributed by atoms with van der Waals surface area (Å²) in [7, 11) is 4.54. The molecule has 0 bridgehead atoms. The molecule has 0 radical (unpaired) electrons. The van der Waals surface area contributed by atoms with E-state index in [1.807, 2.05) is 0 Å². The molecule has 3 rings (SSSR count). The van der Waals surface area contributed by atoms with Gasteiger partial charge >= 0.3 is 0 Å². The van der Waals surface area contributed by atoms with Crippen LogP contribution in [0.3, 0.4) is 0 Å². The Morgan fingerprint density at radius 1 is 1.03 bits per heavy atom. The van der Waals surface area contributed by atoms with E-state index in [1.165, 1.54) is 45.6 Å². The number of hydrogen-bond donors (Lipinski definition) is 0. The number of hydrogen-bond acceptors (Lipinski definition) is 4. The van der Waals surface area contributed by atoms with Gasteiger partial charge in [-0.25, -0.2) is 8.78 Å². The van der Waals surface area contributed by atoms with Crippen molar-refractivity contribution in [2.75, 3.05) is 21.3 Å². The molecule has 0 aliphatic heterocycles. The lowest BCUT2D eigenvalue weighted by Gasteiger charge is -2.28. The zero-order valence-electron chi connectivity index (χ0n) is 18.0. The summed E-state index contributed by atoms with van der Waals surface area (Å²) in [4.78, 5) is 14.6. The third-order valence-electron chi connectivity index (χ3n) is 5.54. The Hall–Kier alpha value is -3.09. The van der Waals surface area contributed by atoms with Crippen molar-refractivity contribution < 1.29 is 27.8 Å². The molecule has 2 aromatic carbocycles. The molecule has 2 aromatic rings. The maximum absolute atomic E-state index is 14.2. The van der Waals surface area contributed by atoms with Crippen molar-refractivity contribution in [1.82, 2.24) is 4.90 Å². The first-order valence-corrected chi connectivity index (χ1v) is 10.2. The van der Waals surface area contributed by atoms with Crippen molar-refractivity contribution >= 4 is 12.0 Å². The molecule has 1 aliphatic carbocycles. The van der Waals surface area contributed by atoms with Gasteiger partial charge in [-0.05, 0) is 48.7 Å². The number of halogens is 2. The van der Waals surface area contributed by atoms with Crippen molar-refractivity contribution in [2.45, 2.75) is 38.3 Å². The van der Waals surface area contributed by atoms with E-state index in [9.17, 15) is 13.6 Å². The summed E-state index contributed by atoms with van der Waals surface area (Å²) >= 11 is 0. The summed E-state index contributed by atoms with van der Waals surface area (Å²) < 4.78 is 44.4. The number of amides is 1. The molecular formula is C24H27F2NO4. The third-order valence-corrected chi connectivity index (χ3v) is 5.54. The SMILES string of the molecule is COc1cc(C=CC(=O)N(Cc2c(F)cccc2F)C2CCCC2)cc(OC)c1OC. The number of nitrogens with zero attached hydrogens (tertiary/aromatic N) is 1. The lowest BCUT2D eigenvalue weighted by Crippen LogP contribution is -2.37. The van der Waals surface area contributed by atoms with Crippen LogP contribution in [0.4, 0.5) is 8.78 Å². The highest BCUT2D eigenvalue weighted by molar-refractivity contribution is 5.92. The van der Waals surface area contributed by atoms with Crippen LogP contribution >= 0.6 is 0 Å². The Labute approximate surface area is 181 Å². The number of carbonyl (C=O) groups is 1. The van der Waals surface area contributed by atoms with Gasteiger partial charge in [0.1, 0.15) is 11.6 Å². The fraction of sp³-hybridized carbons (Fsp3) is 0.375. The minimum Gasteiger partial charge on any atom is -0.493 e. The van der Waals surface area contributed by atoms with Crippen molar-refractivity contribution in [2.24, 2.45) is 0 Å². The van der Waals surface area contributed by atoms with E-state index in [2.05, 4.69) is 0 Å². The lowest BCUT2D eigenvalue weighted by atomic mass is 10.1. The highest BCUT2D eigenvalue weighted by atomic mass is 19.1. The second-order valence-corrected chi connectivity index (χ2v) is 7.40. The minimum atomic E-state index is -0.649. The van der Waals surface area contributed by atoms with Crippen molar-refractivity contribution in [3.63, 3.8) is 0 Å². The predicted octanol–water partition coefficient (Wildman–Crippen LogP) is 4.98. The zero-order valence-corrected chi connectivity index (χ0v) is 18.0. The van der Waals surface area contributed by atoms with Crippen LogP contribution in [0.5, 0.6) is 17.2 Å². The Morgan fingerprint density at radius 3 is 2.13 bits per heavy atom. The van der Waals surface area contributed by atoms with Crippen molar-refractivity contribution in [1.29, 1.82) is 0 Å². The van der Waals surface area contributed by atoms with Crippen LogP contribution in [0.1, 0.15) is 36.8 Å². The molecule has 1 saturated carbocycles. The summed E-state index contributed by atoms with van der Waals surface area (Å²) in [5.74, 6) is -0.210. The Morgan fingerprint density at radius 2 is 1.61 bits per heavy atom. The quantitative estimate of drug-likeness (QED) is 0.554. The molecule has 0 aromatic heterocycles. The van der Waals surface area contributed by atoms with E-state index < -0.39 is 11.6 Å². The molecular weight excluding hydrogens is 404 g/mol. The van der Waals surface area contributed by atoms with Gasteiger partial charge in [-0.15, -0.1) is 0 Å². The number of ether oxygens (including phenoxy) is 3. The Kier molecular flexibility index (Phi) is 7.50. The van der Waals surface area contributed by atoms with Gasteiger partial charge in [0.15, 0.2) is 11.5 Å². The fourth-order valence-electron chi connectivity index (χ4n) is 3.92. The van der Waals surface area contributed by atoms with E-state index in [0.717, 1.165) is 25.7 Å². The molecule has 1 amide bonds. The molecule has 0 saturated heterocycles. The molecule has 5 nitrogen and oxygen atoms in total. The lowest BCUT2D eigenvalue weighted by molar-refractivity contribution is -0.128. The van der Waals surface area contributed by atoms with Gasteiger partial charge in [0.05, 0.1) is 27.9 Å². The number of rotatable bonds is 8. The highest BCUT2D eigenvalue weighted by Gasteiger charge is 2.27. The molecule has 166 valence electrons. The van der Waals surface area contributed by atoms with Crippen LogP contribution in [-0.2, 0) is 11.3 Å². The number of benzene rings is 2. The standard InChI is InChI=1S/C24H27F2NO4/c1-29-21-13-16(14-22(30-2)24(21)31-3)11-12-23(28)27(17-7-4-5-8-17)15-18-19(25)9-6-10-20(18)26/h6,9-14,17H,4-5,7-8,15H2,1-3H3. The Balaban J connectivity index is 1.87. The Bertz CT molecular complexity index is 909. The first kappa shape index (κ1) is 22.6. The highest BCUT2D eigenvalue weighted by Crippen LogP contribution is 2.38. The molecule has 1 aliphatic rings. The summed E-state index contributed by atoms with van der Waals surface area (Å²) in [5, 5.41) is 0. The summed E-state index contributed by atoms with van der Waals surface area (Å²) in [6.07, 6.45) is 6.67. The van der Waals surface area contributed by atoms with Crippen molar-refractivity contribution in [3.05, 3.63) is 59.2 Å². The van der Waals surface area contributed by atoms with Gasteiger partial charge in [-0.2, -0.15) is 0 Å². The van der Waals surface area contributed by atoms with Crippen LogP contribution in [0.2, 0.25) is 0 Å². The first-order chi connectivity index (χ1) is 15.0. The van der Waals surface area contributed by atoms with Gasteiger partial charge in [0.25, 0.3) is 0 Å². The van der Waals surface area contributed by atoms with Gasteiger partial charge in [-0.3, -0.25) is 4.79 Å². The molecule has 0 spiro atoms. The van der Waals surface area contributed by atoms with E-state index >= 15 is 0 Å². The largest absolute Gasteiger partial charge is 0.493 e. The van der Waals surface area contributed by atoms with E-state index in [4.69, 9.17) is 14.2 Å². The van der Waals surface area contributed by atoms with Crippen LogP contribution in [0, 0.1) is 11.6 Å². The van der Waals surface area contributed by atoms with Gasteiger partial charge in [0.2, 0.25) is 11.7 Å². The second kappa shape index (κ2) is 10.3. The molecule has 0 N–H and O–H groups in total. The van der Waals surface area contributed by atoms with Crippen LogP contribution in [0.25, 0.3) is 6.08 Å². The normalized spacial score (nSPS) is 14.1. The average molecular weight is 431 g/mol. The fourth-order valence-corrected chi connectivity index (χ4v) is 3.92. The van der Waals surface area contributed by atoms with Crippen LogP contribution < -0.4 is 14.2 Å². The van der Waals surface area contributed by atoms with E-state index in [0.29, 0.717) is 22.8 Å². The maximum Gasteiger partial charge on any atom is 0.247 e. The van der Waals surface area contributed by atoms with Crippen LogP contribution in [0.15, 0.2) is 36.4 Å².